The normalized spacial score (nSPS) is 9.28. The fourth-order valence-corrected chi connectivity index (χ4v) is 3.59. The van der Waals surface area contributed by atoms with Gasteiger partial charge in [0.2, 0.25) is 0 Å². The molecule has 0 saturated carbocycles. The highest BCUT2D eigenvalue weighted by Crippen LogP contribution is 2.10. The zero-order chi connectivity index (χ0) is 20.1. The minimum Gasteiger partial charge on any atom is 0 e. The van der Waals surface area contributed by atoms with Crippen LogP contribution in [0.25, 0.3) is 0 Å². The molecule has 75 valence electrons. The molecule has 0 aliphatic carbocycles. The van der Waals surface area contributed by atoms with Crippen LogP contribution >= 0.6 is 0 Å². The van der Waals surface area contributed by atoms with Gasteiger partial charge in [-0.1, -0.05) is 0 Å². The molecule has 0 bridgehead atoms. The minimum absolute atomic E-state index is 0.648. The van der Waals surface area contributed by atoms with Crippen LogP contribution in [0.2, 0.25) is 0 Å². The highest BCUT2D eigenvalue weighted by atomic mass is 13.3. The molecule has 0 fully saturated rings. The van der Waals surface area contributed by atoms with Crippen LogP contribution in [0.5, 0.6) is 0 Å². The van der Waals surface area contributed by atoms with Gasteiger partial charge < -0.3 is 0 Å². The summed E-state index contributed by atoms with van der Waals surface area (Å²) in [5.74, 6) is 0. The van der Waals surface area contributed by atoms with Crippen molar-refractivity contribution in [2.45, 2.75) is 0 Å². The Kier molecular flexibility index (Phi) is 13.0. The van der Waals surface area contributed by atoms with E-state index in [1.165, 1.54) is 7.06 Å². The molecule has 0 nitrogen and oxygen atoms in total. The van der Waals surface area contributed by atoms with E-state index in [2.05, 4.69) is 0 Å². The summed E-state index contributed by atoms with van der Waals surface area (Å²) in [6, 6.07) is 0. The molecule has 0 unspecified atom stereocenters. The molecule has 0 amide bonds. The lowest BCUT2D eigenvalue weighted by molar-refractivity contribution is 3.29. The zero-order valence-corrected chi connectivity index (χ0v) is 14.4. The summed E-state index contributed by atoms with van der Waals surface area (Å²) in [6.07, 6.45) is -9.19. The Hall–Kier alpha value is 1.62. The summed E-state index contributed by atoms with van der Waals surface area (Å²) >= 11 is 0. The van der Waals surface area contributed by atoms with Crippen molar-refractivity contribution >= 4 is 178 Å². The molecule has 0 aliphatic rings. The fraction of sp³-hybridized carbons (Fsp3) is 0. The van der Waals surface area contributed by atoms with Gasteiger partial charge in [0.15, 0.2) is 0 Å². The molecule has 0 N–H and O–H groups in total. The highest BCUT2D eigenvalue weighted by molar-refractivity contribution is 8.24. The molecule has 0 spiro atoms. The molecule has 0 atom stereocenters. The first-order chi connectivity index (χ1) is 11.4. The Bertz CT molecular complexity index is 298. The molecule has 25 heavy (non-hydrogen) atoms. The lowest BCUT2D eigenvalue weighted by Gasteiger charge is -2.47. The molecule has 0 aromatic rings. The van der Waals surface area contributed by atoms with Crippen molar-refractivity contribution in [1.29, 1.82) is 0 Å². The van der Waals surface area contributed by atoms with E-state index < -0.39 is 70.2 Å². The summed E-state index contributed by atoms with van der Waals surface area (Å²) in [4.78, 5) is 0. The van der Waals surface area contributed by atoms with E-state index in [1.54, 1.807) is 0 Å². The second-order valence-electron chi connectivity index (χ2n) is 6.54. The van der Waals surface area contributed by atoms with E-state index in [0.717, 1.165) is 0 Å². The van der Waals surface area contributed by atoms with Gasteiger partial charge in [0, 0.05) is 178 Å². The zero-order valence-electron chi connectivity index (χ0n) is 14.4. The van der Waals surface area contributed by atoms with Crippen molar-refractivity contribution in [3.63, 3.8) is 0 Å². The first-order valence-electron chi connectivity index (χ1n) is 8.00. The van der Waals surface area contributed by atoms with Gasteiger partial charge >= 0.3 is 0 Å². The molecule has 0 aliphatic heterocycles. The van der Waals surface area contributed by atoms with Gasteiger partial charge in [0.05, 0.1) is 0 Å². The molecule has 0 heterocycles. The van der Waals surface area contributed by atoms with Gasteiger partial charge in [-0.05, 0) is 0 Å². The summed E-state index contributed by atoms with van der Waals surface area (Å²) in [7, 11) is 77.9. The Morgan fingerprint density at radius 2 is 0.640 bits per heavy atom. The van der Waals surface area contributed by atoms with Gasteiger partial charge in [-0.15, -0.1) is 0 Å². The average molecular weight is 270 g/mol. The quantitative estimate of drug-likeness (QED) is 0.327. The summed E-state index contributed by atoms with van der Waals surface area (Å²) in [5, 5.41) is 0. The van der Waals surface area contributed by atoms with Gasteiger partial charge in [-0.25, -0.2) is 0 Å². The second kappa shape index (κ2) is 12.2. The smallest absolute Gasteiger partial charge is 0 e. The van der Waals surface area contributed by atoms with Crippen molar-refractivity contribution in [3.05, 3.63) is 0 Å². The predicted octanol–water partition coefficient (Wildman–Crippen LogP) is -9.52. The third kappa shape index (κ3) is 7.51. The third-order valence-electron chi connectivity index (χ3n) is 4.67. The molecule has 0 saturated heterocycles. The summed E-state index contributed by atoms with van der Waals surface area (Å²) in [5.41, 5.74) is 0. The maximum Gasteiger partial charge on any atom is 0 e. The van der Waals surface area contributed by atoms with Crippen LogP contribution in [0.3, 0.4) is 0 Å². The molecule has 25 heteroatoms. The van der Waals surface area contributed by atoms with E-state index >= 15 is 0 Å². The van der Waals surface area contributed by atoms with E-state index in [1.807, 2.05) is 0 Å². The van der Waals surface area contributed by atoms with Gasteiger partial charge in [-0.2, -0.15) is 0 Å². The van der Waals surface area contributed by atoms with Gasteiger partial charge in [-0.3, -0.25) is 0 Å². The lowest BCUT2D eigenvalue weighted by atomic mass is 8.35. The highest BCUT2D eigenvalue weighted by Gasteiger charge is 2.48. The summed E-state index contributed by atoms with van der Waals surface area (Å²) < 4.78 is 0. The van der Waals surface area contributed by atoms with Crippen molar-refractivity contribution in [2.75, 3.05) is 0 Å². The Morgan fingerprint density at radius 3 is 0.800 bits per heavy atom. The topological polar surface area (TPSA) is 0 Å². The molecular weight excluding hydrogens is 270 g/mol. The first-order valence-corrected chi connectivity index (χ1v) is 8.00. The standard InChI is InChI=1S/B25/c1-14-21(15(2)3)24(20(12)13)25(22(16(4)5)17(6)7)23(18(8)9)19(10)11. The van der Waals surface area contributed by atoms with Crippen molar-refractivity contribution in [3.8, 4) is 0 Å². The number of hydrogen-bond donors (Lipinski definition) is 0. The molecule has 27 radical (unpaired) electrons. The first kappa shape index (κ1) is 26.6. The Labute approximate surface area is 177 Å². The van der Waals surface area contributed by atoms with Crippen LogP contribution in [0, 0.1) is 0 Å². The fourth-order valence-electron chi connectivity index (χ4n) is 3.59. The van der Waals surface area contributed by atoms with Gasteiger partial charge in [0.25, 0.3) is 0 Å². The number of hydrogen-bond acceptors (Lipinski definition) is 0. The van der Waals surface area contributed by atoms with Crippen LogP contribution in [0.4, 0.5) is 0 Å². The largest absolute Gasteiger partial charge is 0 e. The Balaban J connectivity index is 6.38. The summed E-state index contributed by atoms with van der Waals surface area (Å²) in [6.45, 7) is 0. The molecule has 0 rings (SSSR count). The van der Waals surface area contributed by atoms with E-state index in [4.69, 9.17) is 101 Å². The van der Waals surface area contributed by atoms with E-state index in [-0.39, 0.29) is 0 Å². The number of rotatable bonds is 11. The van der Waals surface area contributed by atoms with Crippen LogP contribution in [0.15, 0.2) is 0 Å². The van der Waals surface area contributed by atoms with Crippen LogP contribution in [-0.2, 0) is 0 Å². The Morgan fingerprint density at radius 1 is 0.360 bits per heavy atom. The molecule has 0 aromatic heterocycles. The van der Waals surface area contributed by atoms with E-state index in [9.17, 15) is 0 Å². The second-order valence-corrected chi connectivity index (χ2v) is 6.54. The predicted molar refractivity (Wildman–Crippen MR) is 144 cm³/mol. The molecular formula is B25. The van der Waals surface area contributed by atoms with Crippen LogP contribution < -0.4 is 0 Å². The van der Waals surface area contributed by atoms with E-state index in [0.29, 0.717) is 0 Å². The average Bonchev–Trinajstić information content (AvgIpc) is 2.41. The van der Waals surface area contributed by atoms with Crippen molar-refractivity contribution < 1.29 is 0 Å². The third-order valence-corrected chi connectivity index (χ3v) is 4.67. The van der Waals surface area contributed by atoms with Gasteiger partial charge in [0.1, 0.15) is 0 Å². The van der Waals surface area contributed by atoms with Crippen molar-refractivity contribution in [1.82, 2.24) is 0 Å². The van der Waals surface area contributed by atoms with Crippen LogP contribution in [0.1, 0.15) is 0 Å². The monoisotopic (exact) mass is 275 g/mol. The maximum atomic E-state index is 5.99. The minimum atomic E-state index is -0.960. The maximum absolute atomic E-state index is 5.99. The SMILES string of the molecule is [B][B]B(B([B])[B])B(B([B])[B])B(B(B([B])[B])B([B])[B])B(B([B])[B])B([B])[B]. The molecule has 0 aromatic carbocycles. The van der Waals surface area contributed by atoms with Crippen molar-refractivity contribution in [2.24, 2.45) is 0 Å². The van der Waals surface area contributed by atoms with Crippen LogP contribution in [-0.4, -0.2) is 178 Å². The lowest BCUT2D eigenvalue weighted by Crippen LogP contribution is -2.85.